The quantitative estimate of drug-likeness (QED) is 0.659. The third-order valence-electron chi connectivity index (χ3n) is 3.53. The molecule has 2 unspecified atom stereocenters. The maximum Gasteiger partial charge on any atom is 0.243 e. The number of nitrogens with two attached hydrogens (primary N) is 1. The van der Waals surface area contributed by atoms with Crippen LogP contribution in [-0.2, 0) is 20.8 Å². The molecule has 2 atom stereocenters. The molecular formula is C17H25N3O3. The smallest absolute Gasteiger partial charge is 0.243 e. The first-order chi connectivity index (χ1) is 10.8. The highest BCUT2D eigenvalue weighted by atomic mass is 16.2. The number of aryl methyl sites for hydroxylation is 1. The van der Waals surface area contributed by atoms with Crippen LogP contribution in [-0.4, -0.2) is 29.8 Å². The highest BCUT2D eigenvalue weighted by Crippen LogP contribution is 2.06. The van der Waals surface area contributed by atoms with Crippen molar-refractivity contribution in [1.29, 1.82) is 0 Å². The zero-order valence-electron chi connectivity index (χ0n) is 13.8. The first kappa shape index (κ1) is 18.7. The van der Waals surface area contributed by atoms with E-state index < -0.39 is 23.9 Å². The summed E-state index contributed by atoms with van der Waals surface area (Å²) in [6.45, 7) is 5.17. The lowest BCUT2D eigenvalue weighted by Crippen LogP contribution is -2.53. The van der Waals surface area contributed by atoms with Crippen molar-refractivity contribution in [3.8, 4) is 0 Å². The molecule has 6 nitrogen and oxygen atoms in total. The molecular weight excluding hydrogens is 294 g/mol. The summed E-state index contributed by atoms with van der Waals surface area (Å²) in [4.78, 5) is 35.3. The molecule has 4 N–H and O–H groups in total. The van der Waals surface area contributed by atoms with Gasteiger partial charge in [-0.05, 0) is 24.8 Å². The van der Waals surface area contributed by atoms with Crippen molar-refractivity contribution < 1.29 is 14.4 Å². The van der Waals surface area contributed by atoms with E-state index in [1.54, 1.807) is 0 Å². The normalized spacial score (nSPS) is 13.2. The number of carbonyl (C=O) groups is 3. The summed E-state index contributed by atoms with van der Waals surface area (Å²) >= 11 is 0. The van der Waals surface area contributed by atoms with Crippen LogP contribution in [0.5, 0.6) is 0 Å². The second-order valence-electron chi connectivity index (χ2n) is 5.91. The van der Waals surface area contributed by atoms with Crippen LogP contribution in [0.4, 0.5) is 0 Å². The molecule has 0 aromatic heterocycles. The van der Waals surface area contributed by atoms with Crippen molar-refractivity contribution in [3.63, 3.8) is 0 Å². The van der Waals surface area contributed by atoms with Crippen molar-refractivity contribution in [3.05, 3.63) is 35.9 Å². The molecule has 1 aromatic rings. The van der Waals surface area contributed by atoms with Crippen LogP contribution in [0.3, 0.4) is 0 Å². The van der Waals surface area contributed by atoms with E-state index in [1.807, 2.05) is 44.2 Å². The molecule has 3 amide bonds. The number of nitrogens with one attached hydrogen (secondary N) is 2. The molecule has 1 rings (SSSR count). The number of carbonyl (C=O) groups excluding carboxylic acids is 3. The summed E-state index contributed by atoms with van der Waals surface area (Å²) in [6, 6.07) is 8.20. The zero-order chi connectivity index (χ0) is 17.4. The zero-order valence-corrected chi connectivity index (χ0v) is 13.8. The van der Waals surface area contributed by atoms with E-state index in [2.05, 4.69) is 10.6 Å². The first-order valence-electron chi connectivity index (χ1n) is 7.74. The molecule has 1 aromatic carbocycles. The summed E-state index contributed by atoms with van der Waals surface area (Å²) in [5, 5.41) is 5.24. The lowest BCUT2D eigenvalue weighted by Gasteiger charge is -2.23. The number of rotatable bonds is 8. The average molecular weight is 319 g/mol. The number of benzene rings is 1. The topological polar surface area (TPSA) is 101 Å². The Labute approximate surface area is 136 Å². The number of amides is 3. The summed E-state index contributed by atoms with van der Waals surface area (Å²) in [6.07, 6.45) is 0.905. The van der Waals surface area contributed by atoms with Crippen molar-refractivity contribution in [2.24, 2.45) is 11.7 Å². The van der Waals surface area contributed by atoms with Crippen LogP contribution in [0.1, 0.15) is 32.8 Å². The highest BCUT2D eigenvalue weighted by Gasteiger charge is 2.26. The van der Waals surface area contributed by atoms with Crippen molar-refractivity contribution in [2.45, 2.75) is 45.7 Å². The minimum Gasteiger partial charge on any atom is -0.368 e. The highest BCUT2D eigenvalue weighted by molar-refractivity contribution is 5.91. The van der Waals surface area contributed by atoms with E-state index >= 15 is 0 Å². The molecule has 0 aliphatic heterocycles. The Kier molecular flexibility index (Phi) is 7.25. The van der Waals surface area contributed by atoms with Crippen LogP contribution in [0.25, 0.3) is 0 Å². The van der Waals surface area contributed by atoms with Gasteiger partial charge in [-0.1, -0.05) is 44.2 Å². The molecule has 126 valence electrons. The second-order valence-corrected chi connectivity index (χ2v) is 5.91. The molecule has 0 saturated heterocycles. The van der Waals surface area contributed by atoms with E-state index in [4.69, 9.17) is 5.73 Å². The Balaban J connectivity index is 2.56. The number of hydrogen-bond acceptors (Lipinski definition) is 3. The van der Waals surface area contributed by atoms with Gasteiger partial charge in [0.1, 0.15) is 12.1 Å². The van der Waals surface area contributed by atoms with Crippen molar-refractivity contribution in [1.82, 2.24) is 10.6 Å². The second kappa shape index (κ2) is 8.92. The summed E-state index contributed by atoms with van der Waals surface area (Å²) in [5.41, 5.74) is 6.20. The van der Waals surface area contributed by atoms with Crippen LogP contribution in [0, 0.1) is 5.92 Å². The minimum absolute atomic E-state index is 0.101. The SMILES string of the molecule is CC(NC(=O)C(NC(=O)CCc1ccccc1)C(C)C)C(N)=O. The fourth-order valence-electron chi connectivity index (χ4n) is 2.06. The predicted molar refractivity (Wildman–Crippen MR) is 88.3 cm³/mol. The lowest BCUT2D eigenvalue weighted by molar-refractivity contribution is -0.132. The van der Waals surface area contributed by atoms with E-state index in [0.717, 1.165) is 5.56 Å². The summed E-state index contributed by atoms with van der Waals surface area (Å²) < 4.78 is 0. The van der Waals surface area contributed by atoms with Gasteiger partial charge >= 0.3 is 0 Å². The Hall–Kier alpha value is -2.37. The van der Waals surface area contributed by atoms with E-state index in [9.17, 15) is 14.4 Å². The fourth-order valence-corrected chi connectivity index (χ4v) is 2.06. The van der Waals surface area contributed by atoms with Crippen LogP contribution in [0.2, 0.25) is 0 Å². The Morgan fingerprint density at radius 1 is 1.04 bits per heavy atom. The minimum atomic E-state index is -0.773. The van der Waals surface area contributed by atoms with Gasteiger partial charge in [0.2, 0.25) is 17.7 Å². The average Bonchev–Trinajstić information content (AvgIpc) is 2.51. The molecule has 6 heteroatoms. The Bertz CT molecular complexity index is 543. The molecule has 0 aliphatic rings. The molecule has 0 bridgehead atoms. The van der Waals surface area contributed by atoms with Crippen LogP contribution in [0.15, 0.2) is 30.3 Å². The van der Waals surface area contributed by atoms with Crippen LogP contribution < -0.4 is 16.4 Å². The molecule has 0 spiro atoms. The third-order valence-corrected chi connectivity index (χ3v) is 3.53. The molecule has 0 fully saturated rings. The molecule has 0 radical (unpaired) electrons. The first-order valence-corrected chi connectivity index (χ1v) is 7.74. The van der Waals surface area contributed by atoms with Gasteiger partial charge in [-0.15, -0.1) is 0 Å². The molecule has 0 saturated carbocycles. The maximum atomic E-state index is 12.2. The molecule has 0 aliphatic carbocycles. The molecule has 23 heavy (non-hydrogen) atoms. The van der Waals surface area contributed by atoms with Gasteiger partial charge in [-0.2, -0.15) is 0 Å². The van der Waals surface area contributed by atoms with Crippen LogP contribution >= 0.6 is 0 Å². The summed E-state index contributed by atoms with van der Waals surface area (Å²) in [7, 11) is 0. The summed E-state index contributed by atoms with van der Waals surface area (Å²) in [5.74, 6) is -1.32. The lowest BCUT2D eigenvalue weighted by atomic mass is 10.0. The van der Waals surface area contributed by atoms with Gasteiger partial charge < -0.3 is 16.4 Å². The maximum absolute atomic E-state index is 12.2. The van der Waals surface area contributed by atoms with Gasteiger partial charge in [0.05, 0.1) is 0 Å². The van der Waals surface area contributed by atoms with Gasteiger partial charge in [0.25, 0.3) is 0 Å². The van der Waals surface area contributed by atoms with E-state index in [0.29, 0.717) is 12.8 Å². The van der Waals surface area contributed by atoms with Crippen molar-refractivity contribution >= 4 is 17.7 Å². The van der Waals surface area contributed by atoms with Gasteiger partial charge in [0, 0.05) is 6.42 Å². The Morgan fingerprint density at radius 3 is 2.17 bits per heavy atom. The largest absolute Gasteiger partial charge is 0.368 e. The van der Waals surface area contributed by atoms with Gasteiger partial charge in [-0.25, -0.2) is 0 Å². The molecule has 0 heterocycles. The van der Waals surface area contributed by atoms with Gasteiger partial charge in [0.15, 0.2) is 0 Å². The van der Waals surface area contributed by atoms with E-state index in [1.165, 1.54) is 6.92 Å². The monoisotopic (exact) mass is 319 g/mol. The number of primary amides is 1. The van der Waals surface area contributed by atoms with Gasteiger partial charge in [-0.3, -0.25) is 14.4 Å². The Morgan fingerprint density at radius 2 is 1.65 bits per heavy atom. The number of hydrogen-bond donors (Lipinski definition) is 3. The van der Waals surface area contributed by atoms with E-state index in [-0.39, 0.29) is 11.8 Å². The fraction of sp³-hybridized carbons (Fsp3) is 0.471. The standard InChI is InChI=1S/C17H25N3O3/c1-11(2)15(17(23)19-12(3)16(18)22)20-14(21)10-9-13-7-5-4-6-8-13/h4-8,11-12,15H,9-10H2,1-3H3,(H2,18,22)(H,19,23)(H,20,21). The van der Waals surface area contributed by atoms with Crippen molar-refractivity contribution in [2.75, 3.05) is 0 Å². The third kappa shape index (κ3) is 6.50. The predicted octanol–water partition coefficient (Wildman–Crippen LogP) is 0.750.